The van der Waals surface area contributed by atoms with Crippen molar-refractivity contribution >= 4 is 35.5 Å². The predicted octanol–water partition coefficient (Wildman–Crippen LogP) is 10.2. The average Bonchev–Trinajstić information content (AvgIpc) is 3.79. The van der Waals surface area contributed by atoms with Crippen molar-refractivity contribution in [2.45, 2.75) is 64.0 Å². The zero-order chi connectivity index (χ0) is 29.8. The summed E-state index contributed by atoms with van der Waals surface area (Å²) < 4.78 is 0. The molecule has 0 N–H and O–H groups in total. The van der Waals surface area contributed by atoms with Crippen LogP contribution in [0.2, 0.25) is 13.1 Å². The number of fused-ring (bicyclic) bond motifs is 8. The lowest BCUT2D eigenvalue weighted by Crippen LogP contribution is -2.49. The molecule has 9 rings (SSSR count). The maximum Gasteiger partial charge on any atom is 0.113 e. The van der Waals surface area contributed by atoms with Crippen LogP contribution in [0.5, 0.6) is 0 Å². The minimum atomic E-state index is -1.80. The Kier molecular flexibility index (Phi) is 5.61. The third-order valence-electron chi connectivity index (χ3n) is 12.0. The molecule has 0 radical (unpaired) electrons. The van der Waals surface area contributed by atoms with Crippen molar-refractivity contribution in [3.63, 3.8) is 0 Å². The van der Waals surface area contributed by atoms with Gasteiger partial charge in [0.25, 0.3) is 0 Å². The fourth-order valence-electron chi connectivity index (χ4n) is 9.63. The Bertz CT molecular complexity index is 1840. The Morgan fingerprint density at radius 3 is 1.98 bits per heavy atom. The van der Waals surface area contributed by atoms with Gasteiger partial charge in [-0.15, -0.1) is 0 Å². The topological polar surface area (TPSA) is 3.24 Å². The summed E-state index contributed by atoms with van der Waals surface area (Å²) in [5.41, 5.74) is 13.7. The first kappa shape index (κ1) is 26.5. The molecular weight excluding hydrogens is 547 g/mol. The van der Waals surface area contributed by atoms with Crippen molar-refractivity contribution in [3.05, 3.63) is 126 Å². The first-order valence-electron chi connectivity index (χ1n) is 16.7. The van der Waals surface area contributed by atoms with Crippen LogP contribution < -0.4 is 15.3 Å². The second-order valence-electron chi connectivity index (χ2n) is 15.0. The van der Waals surface area contributed by atoms with Gasteiger partial charge in [0.2, 0.25) is 0 Å². The molecule has 1 aliphatic heterocycles. The summed E-state index contributed by atoms with van der Waals surface area (Å²) in [6.45, 7) is 9.81. The number of nitrogens with zero attached hydrogens (tertiary/aromatic N) is 1. The Morgan fingerprint density at radius 2 is 1.23 bits per heavy atom. The third kappa shape index (κ3) is 3.70. The molecule has 0 amide bonds. The third-order valence-corrected chi connectivity index (χ3v) is 15.5. The smallest absolute Gasteiger partial charge is 0.113 e. The van der Waals surface area contributed by atoms with Crippen molar-refractivity contribution in [2.75, 3.05) is 4.90 Å². The summed E-state index contributed by atoms with van der Waals surface area (Å²) in [6.07, 6.45) is 5.71. The van der Waals surface area contributed by atoms with E-state index in [-0.39, 0.29) is 5.41 Å². The van der Waals surface area contributed by atoms with Gasteiger partial charge in [0.05, 0.1) is 0 Å². The first-order valence-corrected chi connectivity index (χ1v) is 19.7. The molecule has 1 heterocycles. The number of anilines is 3. The Balaban J connectivity index is 1.18. The van der Waals surface area contributed by atoms with Gasteiger partial charge >= 0.3 is 0 Å². The van der Waals surface area contributed by atoms with Crippen LogP contribution in [0.3, 0.4) is 0 Å². The lowest BCUT2D eigenvalue weighted by molar-refractivity contribution is 0.420. The molecule has 0 spiro atoms. The molecule has 2 saturated carbocycles. The quantitative estimate of drug-likeness (QED) is 0.189. The van der Waals surface area contributed by atoms with Crippen LogP contribution in [0.4, 0.5) is 17.1 Å². The molecule has 218 valence electrons. The summed E-state index contributed by atoms with van der Waals surface area (Å²) >= 11 is 0. The number of benzene rings is 5. The van der Waals surface area contributed by atoms with Crippen LogP contribution in [-0.4, -0.2) is 8.07 Å². The molecule has 5 aromatic carbocycles. The molecule has 44 heavy (non-hydrogen) atoms. The van der Waals surface area contributed by atoms with Gasteiger partial charge in [0.1, 0.15) is 8.07 Å². The van der Waals surface area contributed by atoms with Gasteiger partial charge in [-0.25, -0.2) is 0 Å². The lowest BCUT2D eigenvalue weighted by atomic mass is 9.82. The predicted molar refractivity (Wildman–Crippen MR) is 189 cm³/mol. The highest BCUT2D eigenvalue weighted by atomic mass is 28.3. The van der Waals surface area contributed by atoms with E-state index in [0.717, 1.165) is 17.8 Å². The molecule has 2 heteroatoms. The second kappa shape index (κ2) is 9.31. The van der Waals surface area contributed by atoms with Gasteiger partial charge in [0, 0.05) is 22.5 Å². The molecular formula is C42H41NSi. The van der Waals surface area contributed by atoms with E-state index in [1.54, 1.807) is 15.9 Å². The van der Waals surface area contributed by atoms with Crippen molar-refractivity contribution < 1.29 is 0 Å². The molecule has 2 bridgehead atoms. The number of hydrogen-bond acceptors (Lipinski definition) is 1. The molecule has 3 atom stereocenters. The normalized spacial score (nSPS) is 22.8. The minimum Gasteiger partial charge on any atom is -0.310 e. The SMILES string of the molecule is CC1(C)c2ccccc2-c2ccc(N(c3ccc(C4CC5CCC4C5)cc3)c3ccc4c(c3)[Si](C)(C)c3ccccc3-4)cc21. The largest absolute Gasteiger partial charge is 0.310 e. The number of hydrogen-bond donors (Lipinski definition) is 0. The zero-order valence-corrected chi connectivity index (χ0v) is 27.4. The molecule has 4 aliphatic rings. The van der Waals surface area contributed by atoms with Gasteiger partial charge in [-0.1, -0.05) is 106 Å². The minimum absolute atomic E-state index is 0.0340. The van der Waals surface area contributed by atoms with Crippen LogP contribution in [0, 0.1) is 11.8 Å². The molecule has 1 nitrogen and oxygen atoms in total. The van der Waals surface area contributed by atoms with E-state index in [9.17, 15) is 0 Å². The highest BCUT2D eigenvalue weighted by Crippen LogP contribution is 2.54. The van der Waals surface area contributed by atoms with E-state index in [4.69, 9.17) is 0 Å². The first-order chi connectivity index (χ1) is 21.3. The fraction of sp³-hybridized carbons (Fsp3) is 0.286. The van der Waals surface area contributed by atoms with Crippen LogP contribution in [0.15, 0.2) is 109 Å². The second-order valence-corrected chi connectivity index (χ2v) is 19.3. The summed E-state index contributed by atoms with van der Waals surface area (Å²) in [7, 11) is -1.80. The van der Waals surface area contributed by atoms with E-state index in [1.165, 1.54) is 76.1 Å². The van der Waals surface area contributed by atoms with Gasteiger partial charge in [-0.2, -0.15) is 0 Å². The van der Waals surface area contributed by atoms with E-state index in [2.05, 4.69) is 141 Å². The maximum atomic E-state index is 2.53. The Hall–Kier alpha value is -3.88. The molecule has 3 aliphatic carbocycles. The maximum absolute atomic E-state index is 2.53. The summed E-state index contributed by atoms with van der Waals surface area (Å²) in [5.74, 6) is 2.61. The van der Waals surface area contributed by atoms with Gasteiger partial charge in [-0.3, -0.25) is 0 Å². The van der Waals surface area contributed by atoms with E-state index >= 15 is 0 Å². The van der Waals surface area contributed by atoms with E-state index < -0.39 is 8.07 Å². The van der Waals surface area contributed by atoms with E-state index in [1.807, 2.05) is 0 Å². The lowest BCUT2D eigenvalue weighted by Gasteiger charge is -2.30. The monoisotopic (exact) mass is 587 g/mol. The van der Waals surface area contributed by atoms with Crippen molar-refractivity contribution in [2.24, 2.45) is 11.8 Å². The van der Waals surface area contributed by atoms with Gasteiger partial charge < -0.3 is 4.90 Å². The standard InChI is InChI=1S/C42H41NSi/c1-42(2)38-11-7-5-9-33(38)34-21-19-31(25-39(34)42)43(30-17-15-28(16-18-30)37-24-27-13-14-29(37)23-27)32-20-22-36-35-10-6-8-12-40(35)44(3,4)41(36)26-32/h5-12,15-22,25-27,29,37H,13-14,23-24H2,1-4H3. The van der Waals surface area contributed by atoms with Crippen molar-refractivity contribution in [1.82, 2.24) is 0 Å². The summed E-state index contributed by atoms with van der Waals surface area (Å²) in [5, 5.41) is 3.11. The molecule has 5 aromatic rings. The molecule has 0 aromatic heterocycles. The van der Waals surface area contributed by atoms with Crippen LogP contribution in [0.1, 0.15) is 62.1 Å². The Morgan fingerprint density at radius 1 is 0.591 bits per heavy atom. The highest BCUT2D eigenvalue weighted by Gasteiger charge is 2.41. The fourth-order valence-corrected chi connectivity index (χ4v) is 12.7. The summed E-state index contributed by atoms with van der Waals surface area (Å²) in [6, 6.07) is 42.3. The molecule has 2 fully saturated rings. The number of rotatable bonds is 4. The Labute approximate surface area is 263 Å². The van der Waals surface area contributed by atoms with E-state index in [0.29, 0.717) is 0 Å². The summed E-state index contributed by atoms with van der Waals surface area (Å²) in [4.78, 5) is 2.53. The molecule has 3 unspecified atom stereocenters. The van der Waals surface area contributed by atoms with Crippen LogP contribution in [0.25, 0.3) is 22.3 Å². The van der Waals surface area contributed by atoms with Crippen LogP contribution in [-0.2, 0) is 5.41 Å². The zero-order valence-electron chi connectivity index (χ0n) is 26.4. The molecule has 0 saturated heterocycles. The van der Waals surface area contributed by atoms with Crippen molar-refractivity contribution in [1.29, 1.82) is 0 Å². The van der Waals surface area contributed by atoms with Gasteiger partial charge in [-0.05, 0) is 123 Å². The average molecular weight is 588 g/mol. The van der Waals surface area contributed by atoms with Crippen molar-refractivity contribution in [3.8, 4) is 22.3 Å². The van der Waals surface area contributed by atoms with Gasteiger partial charge in [0.15, 0.2) is 0 Å². The highest BCUT2D eigenvalue weighted by molar-refractivity contribution is 7.03. The van der Waals surface area contributed by atoms with Crippen LogP contribution >= 0.6 is 0 Å².